The third kappa shape index (κ3) is 19.1. The van der Waals surface area contributed by atoms with Crippen LogP contribution < -0.4 is 0 Å². The van der Waals surface area contributed by atoms with Crippen LogP contribution in [-0.4, -0.2) is 0 Å². The van der Waals surface area contributed by atoms with Gasteiger partial charge >= 0.3 is 0 Å². The van der Waals surface area contributed by atoms with Gasteiger partial charge in [0, 0.05) is 0 Å². The number of hydrogen-bond donors (Lipinski definition) is 0. The summed E-state index contributed by atoms with van der Waals surface area (Å²) in [6, 6.07) is 0. The van der Waals surface area contributed by atoms with Crippen molar-refractivity contribution in [2.45, 2.75) is 142 Å². The van der Waals surface area contributed by atoms with Crippen molar-refractivity contribution in [2.24, 2.45) is 11.8 Å². The van der Waals surface area contributed by atoms with Gasteiger partial charge in [-0.15, -0.1) is 0 Å². The maximum atomic E-state index is 3.92. The molecule has 0 saturated heterocycles. The third-order valence-electron chi connectivity index (χ3n) is 6.55. The van der Waals surface area contributed by atoms with Crippen LogP contribution >= 0.6 is 0 Å². The van der Waals surface area contributed by atoms with Gasteiger partial charge in [0.05, 0.1) is 0 Å². The van der Waals surface area contributed by atoms with Crippen LogP contribution in [0.25, 0.3) is 0 Å². The molecule has 0 aromatic heterocycles. The van der Waals surface area contributed by atoms with Gasteiger partial charge in [0.2, 0.25) is 0 Å². The lowest BCUT2D eigenvalue weighted by atomic mass is 9.83. The second-order valence-electron chi connectivity index (χ2n) is 9.08. The summed E-state index contributed by atoms with van der Waals surface area (Å²) in [5.41, 5.74) is 0. The third-order valence-corrected chi connectivity index (χ3v) is 6.55. The summed E-state index contributed by atoms with van der Waals surface area (Å²) in [7, 11) is 0. The lowest BCUT2D eigenvalue weighted by molar-refractivity contribution is 0.288. The highest BCUT2D eigenvalue weighted by atomic mass is 14.2. The van der Waals surface area contributed by atoms with E-state index in [1.165, 1.54) is 116 Å². The molecule has 0 aliphatic rings. The molecular weight excluding hydrogens is 336 g/mol. The molecule has 166 valence electrons. The van der Waals surface area contributed by atoms with Crippen molar-refractivity contribution in [1.82, 2.24) is 0 Å². The number of hydrogen-bond acceptors (Lipinski definition) is 0. The molecule has 0 fully saturated rings. The standard InChI is InChI=1S/C28H54/c1-5-8-10-12-14-16-17-18-20-22-24-26-28(27(4)7-3)25-23-21-19-15-13-11-9-6-2/h9,11,27-28H,1-2,5-8,10,12-26H2,3-4H3. The van der Waals surface area contributed by atoms with Crippen molar-refractivity contribution in [3.05, 3.63) is 26.0 Å². The Morgan fingerprint density at radius 3 is 1.54 bits per heavy atom. The van der Waals surface area contributed by atoms with Crippen LogP contribution in [0, 0.1) is 25.7 Å². The smallest absolute Gasteiger partial charge is 0.0351 e. The SMILES string of the molecule is [CH2]CC=CCCCCCCC(CCCCCCCCCCCC[CH2])C(C)CC. The topological polar surface area (TPSA) is 0 Å². The summed E-state index contributed by atoms with van der Waals surface area (Å²) < 4.78 is 0. The molecule has 0 spiro atoms. The lowest BCUT2D eigenvalue weighted by Crippen LogP contribution is -2.11. The van der Waals surface area contributed by atoms with Crippen LogP contribution in [0.1, 0.15) is 142 Å². The molecule has 0 aliphatic heterocycles. The van der Waals surface area contributed by atoms with Crippen LogP contribution in [0.5, 0.6) is 0 Å². The van der Waals surface area contributed by atoms with E-state index in [0.717, 1.165) is 24.7 Å². The molecule has 0 heteroatoms. The first-order valence-corrected chi connectivity index (χ1v) is 13.0. The van der Waals surface area contributed by atoms with Crippen LogP contribution in [0.2, 0.25) is 0 Å². The summed E-state index contributed by atoms with van der Waals surface area (Å²) in [5.74, 6) is 1.89. The Balaban J connectivity index is 3.61. The normalized spacial score (nSPS) is 14.0. The molecule has 0 nitrogen and oxygen atoms in total. The van der Waals surface area contributed by atoms with E-state index in [0.29, 0.717) is 0 Å². The highest BCUT2D eigenvalue weighted by Gasteiger charge is 2.14. The minimum Gasteiger partial charge on any atom is -0.0885 e. The largest absolute Gasteiger partial charge is 0.0885 e. The molecule has 2 radical (unpaired) electrons. The Bertz CT molecular complexity index is 303. The van der Waals surface area contributed by atoms with Gasteiger partial charge in [-0.05, 0) is 38.0 Å². The first-order chi connectivity index (χ1) is 13.8. The summed E-state index contributed by atoms with van der Waals surface area (Å²) >= 11 is 0. The van der Waals surface area contributed by atoms with Gasteiger partial charge in [-0.2, -0.15) is 0 Å². The fraction of sp³-hybridized carbons (Fsp3) is 0.857. The predicted molar refractivity (Wildman–Crippen MR) is 131 cm³/mol. The van der Waals surface area contributed by atoms with E-state index in [4.69, 9.17) is 0 Å². The molecule has 0 rings (SSSR count). The quantitative estimate of drug-likeness (QED) is 0.127. The van der Waals surface area contributed by atoms with Crippen molar-refractivity contribution >= 4 is 0 Å². The Labute approximate surface area is 180 Å². The fourth-order valence-corrected chi connectivity index (χ4v) is 4.30. The Morgan fingerprint density at radius 2 is 1.07 bits per heavy atom. The average molecular weight is 391 g/mol. The number of unbranched alkanes of at least 4 members (excludes halogenated alkanes) is 14. The van der Waals surface area contributed by atoms with E-state index < -0.39 is 0 Å². The minimum atomic E-state index is 0.915. The van der Waals surface area contributed by atoms with Gasteiger partial charge in [-0.3, -0.25) is 0 Å². The molecule has 0 saturated carbocycles. The van der Waals surface area contributed by atoms with E-state index in [2.05, 4.69) is 39.8 Å². The van der Waals surface area contributed by atoms with E-state index in [9.17, 15) is 0 Å². The first kappa shape index (κ1) is 27.7. The van der Waals surface area contributed by atoms with Crippen LogP contribution in [0.15, 0.2) is 12.2 Å². The van der Waals surface area contributed by atoms with Gasteiger partial charge in [-0.1, -0.05) is 142 Å². The van der Waals surface area contributed by atoms with Gasteiger partial charge in [-0.25, -0.2) is 0 Å². The molecule has 2 unspecified atom stereocenters. The van der Waals surface area contributed by atoms with Gasteiger partial charge in [0.1, 0.15) is 0 Å². The van der Waals surface area contributed by atoms with Gasteiger partial charge < -0.3 is 0 Å². The molecule has 0 N–H and O–H groups in total. The minimum absolute atomic E-state index is 0.915. The van der Waals surface area contributed by atoms with Crippen LogP contribution in [0.3, 0.4) is 0 Å². The predicted octanol–water partition coefficient (Wildman–Crippen LogP) is 10.3. The average Bonchev–Trinajstić information content (AvgIpc) is 2.71. The summed E-state index contributed by atoms with van der Waals surface area (Å²) in [6.45, 7) is 12.6. The lowest BCUT2D eigenvalue weighted by Gasteiger charge is -2.23. The van der Waals surface area contributed by atoms with E-state index in [1.54, 1.807) is 0 Å². The van der Waals surface area contributed by atoms with Crippen LogP contribution in [-0.2, 0) is 0 Å². The summed E-state index contributed by atoms with van der Waals surface area (Å²) in [6.07, 6.45) is 32.1. The van der Waals surface area contributed by atoms with Crippen molar-refractivity contribution < 1.29 is 0 Å². The molecule has 0 aliphatic carbocycles. The highest BCUT2D eigenvalue weighted by Crippen LogP contribution is 2.27. The van der Waals surface area contributed by atoms with E-state index in [1.807, 2.05) is 0 Å². The van der Waals surface area contributed by atoms with E-state index >= 15 is 0 Å². The molecule has 0 aromatic rings. The van der Waals surface area contributed by atoms with E-state index in [-0.39, 0.29) is 0 Å². The fourth-order valence-electron chi connectivity index (χ4n) is 4.30. The molecule has 0 aromatic carbocycles. The molecule has 0 bridgehead atoms. The second-order valence-corrected chi connectivity index (χ2v) is 9.08. The zero-order chi connectivity index (χ0) is 20.7. The van der Waals surface area contributed by atoms with Crippen molar-refractivity contribution in [1.29, 1.82) is 0 Å². The Morgan fingerprint density at radius 1 is 0.607 bits per heavy atom. The van der Waals surface area contributed by atoms with Crippen molar-refractivity contribution in [2.75, 3.05) is 0 Å². The monoisotopic (exact) mass is 390 g/mol. The molecule has 28 heavy (non-hydrogen) atoms. The van der Waals surface area contributed by atoms with Crippen molar-refractivity contribution in [3.8, 4) is 0 Å². The summed E-state index contributed by atoms with van der Waals surface area (Å²) in [4.78, 5) is 0. The molecule has 0 amide bonds. The van der Waals surface area contributed by atoms with Crippen LogP contribution in [0.4, 0.5) is 0 Å². The summed E-state index contributed by atoms with van der Waals surface area (Å²) in [5, 5.41) is 0. The maximum Gasteiger partial charge on any atom is -0.0351 e. The Kier molecular flexibility index (Phi) is 22.8. The molecular formula is C28H54. The van der Waals surface area contributed by atoms with Gasteiger partial charge in [0.15, 0.2) is 0 Å². The maximum absolute atomic E-state index is 3.92. The second kappa shape index (κ2) is 23.0. The number of allylic oxidation sites excluding steroid dienone is 2. The van der Waals surface area contributed by atoms with Crippen molar-refractivity contribution in [3.63, 3.8) is 0 Å². The highest BCUT2D eigenvalue weighted by molar-refractivity contribution is 4.81. The Hall–Kier alpha value is -0.260. The zero-order valence-corrected chi connectivity index (χ0v) is 19.9. The number of rotatable bonds is 22. The van der Waals surface area contributed by atoms with Gasteiger partial charge in [0.25, 0.3) is 0 Å². The molecule has 2 atom stereocenters. The zero-order valence-electron chi connectivity index (χ0n) is 19.9. The molecule has 0 heterocycles. The first-order valence-electron chi connectivity index (χ1n) is 13.0.